The normalized spacial score (nSPS) is 11.5. The number of nitrogen functional groups attached to an aromatic ring is 1. The number of nitrogens with two attached hydrogens (primary N) is 3. The number of aromatic nitrogens is 1. The van der Waals surface area contributed by atoms with Crippen molar-refractivity contribution in [2.24, 2.45) is 10.9 Å². The number of H-pyrrole nitrogens is 1. The number of nitrogens with one attached hydrogen (secondary N) is 1. The Hall–Kier alpha value is -2.62. The van der Waals surface area contributed by atoms with Gasteiger partial charge in [0.1, 0.15) is 0 Å². The van der Waals surface area contributed by atoms with Gasteiger partial charge in [0.25, 0.3) is 5.91 Å². The summed E-state index contributed by atoms with van der Waals surface area (Å²) >= 11 is 3.34. The van der Waals surface area contributed by atoms with Crippen molar-refractivity contribution in [3.05, 3.63) is 58.8 Å². The van der Waals surface area contributed by atoms with E-state index in [0.717, 1.165) is 15.7 Å². The van der Waals surface area contributed by atoms with Crippen LogP contribution in [0.2, 0.25) is 0 Å². The van der Waals surface area contributed by atoms with Crippen molar-refractivity contribution in [1.82, 2.24) is 4.98 Å². The Morgan fingerprint density at radius 3 is 2.15 bits per heavy atom. The number of aromatic amines is 1. The van der Waals surface area contributed by atoms with Gasteiger partial charge in [-0.25, -0.2) is 13.6 Å². The number of hydrogen-bond acceptors (Lipinski definition) is 4. The van der Waals surface area contributed by atoms with Gasteiger partial charge in [-0.2, -0.15) is 0 Å². The molecule has 0 atom stereocenters. The maximum atomic E-state index is 11.8. The molecule has 134 valence electrons. The Kier molecular flexibility index (Phi) is 4.61. The molecule has 0 aliphatic heterocycles. The number of sulfonamides is 1. The van der Waals surface area contributed by atoms with Crippen molar-refractivity contribution >= 4 is 37.5 Å². The fourth-order valence-corrected chi connectivity index (χ4v) is 3.50. The molecule has 0 unspecified atom stereocenters. The maximum Gasteiger partial charge on any atom is 0.250 e. The summed E-state index contributed by atoms with van der Waals surface area (Å²) in [6.45, 7) is 0. The van der Waals surface area contributed by atoms with E-state index in [1.807, 2.05) is 12.1 Å². The fourth-order valence-electron chi connectivity index (χ4n) is 2.62. The number of carbonyl (C=O) groups excluding carboxylic acids is 1. The third kappa shape index (κ3) is 3.50. The first-order valence-electron chi connectivity index (χ1n) is 7.37. The molecule has 9 heteroatoms. The zero-order chi connectivity index (χ0) is 19.1. The molecule has 0 fully saturated rings. The average Bonchev–Trinajstić information content (AvgIpc) is 3.00. The molecule has 1 aromatic heterocycles. The second-order valence-corrected chi connectivity index (χ2v) is 8.07. The minimum Gasteiger partial charge on any atom is -0.398 e. The number of carbonyl (C=O) groups is 1. The number of halogens is 1. The number of anilines is 1. The fraction of sp³-hybridized carbons (Fsp3) is 0. The van der Waals surface area contributed by atoms with Gasteiger partial charge in [0.15, 0.2) is 0 Å². The van der Waals surface area contributed by atoms with Gasteiger partial charge in [-0.1, -0.05) is 12.1 Å². The van der Waals surface area contributed by atoms with Gasteiger partial charge < -0.3 is 16.5 Å². The molecule has 3 aromatic rings. The lowest BCUT2D eigenvalue weighted by atomic mass is 9.95. The second-order valence-electron chi connectivity index (χ2n) is 5.65. The van der Waals surface area contributed by atoms with Crippen LogP contribution in [0.5, 0.6) is 0 Å². The van der Waals surface area contributed by atoms with Crippen LogP contribution in [0.4, 0.5) is 5.69 Å². The molecule has 0 radical (unpaired) electrons. The Labute approximate surface area is 158 Å². The highest BCUT2D eigenvalue weighted by molar-refractivity contribution is 9.10. The number of benzene rings is 2. The van der Waals surface area contributed by atoms with Crippen molar-refractivity contribution in [2.75, 3.05) is 5.73 Å². The van der Waals surface area contributed by atoms with Crippen molar-refractivity contribution in [2.45, 2.75) is 4.90 Å². The Morgan fingerprint density at radius 2 is 1.65 bits per heavy atom. The first-order chi connectivity index (χ1) is 12.2. The number of hydrogen-bond donors (Lipinski definition) is 4. The van der Waals surface area contributed by atoms with Crippen LogP contribution in [0.15, 0.2) is 58.2 Å². The van der Waals surface area contributed by atoms with Crippen LogP contribution >= 0.6 is 15.9 Å². The molecular formula is C17H15BrN4O3S. The number of primary amides is 1. The van der Waals surface area contributed by atoms with E-state index in [0.29, 0.717) is 11.1 Å². The molecule has 1 heterocycles. The highest BCUT2D eigenvalue weighted by Gasteiger charge is 2.16. The zero-order valence-corrected chi connectivity index (χ0v) is 15.8. The SMILES string of the molecule is NC(=O)c1cc(-c2c[nH]c(Br)c2)cc(-c2ccc(S(N)(=O)=O)cc2)c1N. The first kappa shape index (κ1) is 18.2. The lowest BCUT2D eigenvalue weighted by Gasteiger charge is -2.13. The van der Waals surface area contributed by atoms with Crippen molar-refractivity contribution in [3.8, 4) is 22.3 Å². The van der Waals surface area contributed by atoms with Crippen molar-refractivity contribution < 1.29 is 13.2 Å². The minimum absolute atomic E-state index is 0.0133. The Bertz CT molecular complexity index is 1110. The summed E-state index contributed by atoms with van der Waals surface area (Å²) < 4.78 is 23.6. The monoisotopic (exact) mass is 434 g/mol. The quantitative estimate of drug-likeness (QED) is 0.467. The van der Waals surface area contributed by atoms with E-state index >= 15 is 0 Å². The third-order valence-electron chi connectivity index (χ3n) is 3.92. The van der Waals surface area contributed by atoms with E-state index in [4.69, 9.17) is 16.6 Å². The van der Waals surface area contributed by atoms with Gasteiger partial charge in [-0.15, -0.1) is 0 Å². The predicted molar refractivity (Wildman–Crippen MR) is 104 cm³/mol. The minimum atomic E-state index is -3.80. The molecule has 7 N–H and O–H groups in total. The summed E-state index contributed by atoms with van der Waals surface area (Å²) in [6.07, 6.45) is 1.77. The highest BCUT2D eigenvalue weighted by atomic mass is 79.9. The zero-order valence-electron chi connectivity index (χ0n) is 13.4. The summed E-state index contributed by atoms with van der Waals surface area (Å²) in [7, 11) is -3.80. The van der Waals surface area contributed by atoms with Crippen molar-refractivity contribution in [3.63, 3.8) is 0 Å². The molecule has 0 saturated heterocycles. The molecule has 1 amide bonds. The first-order valence-corrected chi connectivity index (χ1v) is 9.71. The predicted octanol–water partition coefficient (Wildman–Crippen LogP) is 2.44. The largest absolute Gasteiger partial charge is 0.398 e. The second kappa shape index (κ2) is 6.60. The molecule has 0 bridgehead atoms. The van der Waals surface area contributed by atoms with Crippen LogP contribution in [0, 0.1) is 0 Å². The molecule has 2 aromatic carbocycles. The van der Waals surface area contributed by atoms with Crippen LogP contribution in [-0.4, -0.2) is 19.3 Å². The van der Waals surface area contributed by atoms with Gasteiger partial charge >= 0.3 is 0 Å². The standard InChI is InChI=1S/C17H15BrN4O3S/c18-15-7-11(8-22-15)10-5-13(16(19)14(6-10)17(20)23)9-1-3-12(4-2-9)26(21,24)25/h1-8,22H,19H2,(H2,20,23)(H2,21,24,25). The van der Waals surface area contributed by atoms with Gasteiger partial charge in [-0.05, 0) is 57.4 Å². The van der Waals surface area contributed by atoms with Crippen LogP contribution < -0.4 is 16.6 Å². The summed E-state index contributed by atoms with van der Waals surface area (Å²) in [5.74, 6) is -0.652. The summed E-state index contributed by atoms with van der Waals surface area (Å²) in [5.41, 5.74) is 14.8. The molecule has 26 heavy (non-hydrogen) atoms. The lowest BCUT2D eigenvalue weighted by molar-refractivity contribution is 0.100. The van der Waals surface area contributed by atoms with Crippen LogP contribution in [0.1, 0.15) is 10.4 Å². The van der Waals surface area contributed by atoms with Gasteiger partial charge in [-0.3, -0.25) is 4.79 Å². The average molecular weight is 435 g/mol. The Balaban J connectivity index is 2.20. The van der Waals surface area contributed by atoms with E-state index in [1.165, 1.54) is 12.1 Å². The van der Waals surface area contributed by atoms with E-state index in [2.05, 4.69) is 20.9 Å². The van der Waals surface area contributed by atoms with Gasteiger partial charge in [0, 0.05) is 17.3 Å². The maximum absolute atomic E-state index is 11.8. The highest BCUT2D eigenvalue weighted by Crippen LogP contribution is 2.35. The van der Waals surface area contributed by atoms with Crippen molar-refractivity contribution in [1.29, 1.82) is 0 Å². The molecule has 0 aliphatic rings. The Morgan fingerprint density at radius 1 is 1.00 bits per heavy atom. The van der Waals surface area contributed by atoms with Crippen LogP contribution in [-0.2, 0) is 10.0 Å². The van der Waals surface area contributed by atoms with E-state index in [9.17, 15) is 13.2 Å². The molecule has 0 saturated carbocycles. The summed E-state index contributed by atoms with van der Waals surface area (Å²) in [5, 5.41) is 5.12. The molecule has 0 aliphatic carbocycles. The number of amides is 1. The third-order valence-corrected chi connectivity index (χ3v) is 5.31. The van der Waals surface area contributed by atoms with E-state index < -0.39 is 15.9 Å². The van der Waals surface area contributed by atoms with Crippen LogP contribution in [0.3, 0.4) is 0 Å². The number of primary sulfonamides is 1. The van der Waals surface area contributed by atoms with Crippen LogP contribution in [0.25, 0.3) is 22.3 Å². The summed E-state index contributed by atoms with van der Waals surface area (Å²) in [4.78, 5) is 14.8. The lowest BCUT2D eigenvalue weighted by Crippen LogP contribution is -2.14. The molecular weight excluding hydrogens is 420 g/mol. The smallest absolute Gasteiger partial charge is 0.250 e. The topological polar surface area (TPSA) is 145 Å². The van der Waals surface area contributed by atoms with E-state index in [1.54, 1.807) is 24.4 Å². The molecule has 3 rings (SSSR count). The molecule has 0 spiro atoms. The summed E-state index contributed by atoms with van der Waals surface area (Å²) in [6, 6.07) is 11.2. The number of rotatable bonds is 4. The van der Waals surface area contributed by atoms with Gasteiger partial charge in [0.05, 0.1) is 20.7 Å². The molecule has 7 nitrogen and oxygen atoms in total. The van der Waals surface area contributed by atoms with Gasteiger partial charge in [0.2, 0.25) is 10.0 Å². The van der Waals surface area contributed by atoms with E-state index in [-0.39, 0.29) is 16.1 Å².